The molecule has 0 aromatic heterocycles. The van der Waals surface area contributed by atoms with Crippen molar-refractivity contribution in [3.8, 4) is 0 Å². The molecule has 2 rings (SSSR count). The zero-order valence-electron chi connectivity index (χ0n) is 10.6. The van der Waals surface area contributed by atoms with Crippen LogP contribution in [-0.2, 0) is 9.84 Å². The smallest absolute Gasteiger partial charge is 0.263 e. The van der Waals surface area contributed by atoms with Crippen LogP contribution >= 0.6 is 0 Å². The topological polar surface area (TPSA) is 46.2 Å². The fraction of sp³-hybridized carbons (Fsp3) is 0.538. The van der Waals surface area contributed by atoms with Crippen molar-refractivity contribution >= 4 is 9.84 Å². The summed E-state index contributed by atoms with van der Waals surface area (Å²) < 4.78 is 48.4. The minimum Gasteiger partial charge on any atom is -0.313 e. The second-order valence-electron chi connectivity index (χ2n) is 4.90. The predicted octanol–water partition coefficient (Wildman–Crippen LogP) is 2.32. The molecule has 0 saturated carbocycles. The fourth-order valence-corrected chi connectivity index (χ4v) is 4.49. The van der Waals surface area contributed by atoms with Crippen LogP contribution in [0.4, 0.5) is 8.78 Å². The molecule has 1 aromatic carbocycles. The summed E-state index contributed by atoms with van der Waals surface area (Å²) in [5, 5.41) is 3.05. The van der Waals surface area contributed by atoms with Gasteiger partial charge in [-0.15, -0.1) is 0 Å². The van der Waals surface area contributed by atoms with Gasteiger partial charge in [0.2, 0.25) is 0 Å². The van der Waals surface area contributed by atoms with Crippen molar-refractivity contribution < 1.29 is 17.2 Å². The van der Waals surface area contributed by atoms with Crippen LogP contribution in [0.25, 0.3) is 0 Å². The maximum atomic E-state index is 12.7. The van der Waals surface area contributed by atoms with E-state index >= 15 is 0 Å². The summed E-state index contributed by atoms with van der Waals surface area (Å²) in [6, 6.07) is 5.99. The van der Waals surface area contributed by atoms with E-state index in [4.69, 9.17) is 0 Å². The van der Waals surface area contributed by atoms with Gasteiger partial charge in [-0.05, 0) is 31.0 Å². The first-order valence-corrected chi connectivity index (χ1v) is 8.01. The van der Waals surface area contributed by atoms with Crippen molar-refractivity contribution in [3.63, 3.8) is 0 Å². The highest BCUT2D eigenvalue weighted by atomic mass is 32.2. The molecule has 0 spiro atoms. The highest BCUT2D eigenvalue weighted by Gasteiger charge is 2.33. The molecule has 6 heteroatoms. The van der Waals surface area contributed by atoms with E-state index in [1.54, 1.807) is 19.2 Å². The zero-order chi connectivity index (χ0) is 14.0. The van der Waals surface area contributed by atoms with Crippen LogP contribution in [-0.4, -0.2) is 27.0 Å². The Morgan fingerprint density at radius 3 is 2.53 bits per heavy atom. The summed E-state index contributed by atoms with van der Waals surface area (Å²) in [6.07, 6.45) is -1.93. The molecule has 1 aromatic rings. The average molecular weight is 289 g/mol. The number of hydrogen-bond acceptors (Lipinski definition) is 3. The van der Waals surface area contributed by atoms with Crippen molar-refractivity contribution in [2.75, 3.05) is 18.6 Å². The Labute approximate surface area is 111 Å². The van der Waals surface area contributed by atoms with Crippen molar-refractivity contribution in [1.29, 1.82) is 0 Å². The van der Waals surface area contributed by atoms with Crippen LogP contribution in [0.5, 0.6) is 0 Å². The van der Waals surface area contributed by atoms with Gasteiger partial charge in [-0.1, -0.05) is 18.2 Å². The number of rotatable bonds is 4. The van der Waals surface area contributed by atoms with E-state index in [9.17, 15) is 17.2 Å². The quantitative estimate of drug-likeness (QED) is 0.925. The van der Waals surface area contributed by atoms with Crippen molar-refractivity contribution in [3.05, 3.63) is 35.4 Å². The van der Waals surface area contributed by atoms with E-state index in [0.29, 0.717) is 6.42 Å². The molecule has 106 valence electrons. The van der Waals surface area contributed by atoms with Crippen LogP contribution in [0, 0.1) is 5.92 Å². The van der Waals surface area contributed by atoms with Gasteiger partial charge in [0.05, 0.1) is 11.5 Å². The lowest BCUT2D eigenvalue weighted by Crippen LogP contribution is -2.26. The number of nitrogens with one attached hydrogen (secondary N) is 1. The van der Waals surface area contributed by atoms with E-state index in [1.165, 1.54) is 12.1 Å². The largest absolute Gasteiger partial charge is 0.313 e. The van der Waals surface area contributed by atoms with E-state index in [1.807, 2.05) is 0 Å². The van der Waals surface area contributed by atoms with Gasteiger partial charge in [0, 0.05) is 11.6 Å². The normalized spacial score (nSPS) is 23.7. The predicted molar refractivity (Wildman–Crippen MR) is 70.0 cm³/mol. The van der Waals surface area contributed by atoms with Gasteiger partial charge < -0.3 is 5.32 Å². The number of benzene rings is 1. The van der Waals surface area contributed by atoms with Crippen molar-refractivity contribution in [1.82, 2.24) is 5.32 Å². The third-order valence-electron chi connectivity index (χ3n) is 3.57. The second-order valence-corrected chi connectivity index (χ2v) is 7.13. The molecule has 3 nitrogen and oxygen atoms in total. The summed E-state index contributed by atoms with van der Waals surface area (Å²) in [6.45, 7) is 0. The minimum atomic E-state index is -2.97. The fourth-order valence-electron chi connectivity index (χ4n) is 2.65. The van der Waals surface area contributed by atoms with Crippen molar-refractivity contribution in [2.45, 2.75) is 18.9 Å². The molecule has 1 fully saturated rings. The van der Waals surface area contributed by atoms with Gasteiger partial charge in [0.25, 0.3) is 6.43 Å². The van der Waals surface area contributed by atoms with E-state index in [2.05, 4.69) is 5.32 Å². The van der Waals surface area contributed by atoms with Gasteiger partial charge in [0.1, 0.15) is 0 Å². The first-order chi connectivity index (χ1) is 8.93. The Morgan fingerprint density at radius 2 is 2.00 bits per heavy atom. The molecule has 1 N–H and O–H groups in total. The van der Waals surface area contributed by atoms with Crippen LogP contribution in [0.1, 0.15) is 30.0 Å². The standard InChI is InChI=1S/C13H17F2NO2S/c1-16-12(11-5-6-19(17,18)8-11)9-3-2-4-10(7-9)13(14)15/h2-4,7,11-13,16H,5-6,8H2,1H3. The summed E-state index contributed by atoms with van der Waals surface area (Å²) in [5.41, 5.74) is 0.695. The number of sulfone groups is 1. The highest BCUT2D eigenvalue weighted by molar-refractivity contribution is 7.91. The maximum absolute atomic E-state index is 12.7. The van der Waals surface area contributed by atoms with Crippen molar-refractivity contribution in [2.24, 2.45) is 5.92 Å². The molecule has 1 heterocycles. The SMILES string of the molecule is CNC(c1cccc(C(F)F)c1)C1CCS(=O)(=O)C1. The Kier molecular flexibility index (Phi) is 4.20. The molecule has 19 heavy (non-hydrogen) atoms. The zero-order valence-corrected chi connectivity index (χ0v) is 11.5. The lowest BCUT2D eigenvalue weighted by molar-refractivity contribution is 0.151. The molecule has 0 bridgehead atoms. The monoisotopic (exact) mass is 289 g/mol. The molecule has 1 saturated heterocycles. The summed E-state index contributed by atoms with van der Waals surface area (Å²) in [4.78, 5) is 0. The molecule has 2 atom stereocenters. The Hall–Kier alpha value is -1.01. The van der Waals surface area contributed by atoms with Crippen LogP contribution in [0.15, 0.2) is 24.3 Å². The third-order valence-corrected chi connectivity index (χ3v) is 5.37. The van der Waals surface area contributed by atoms with Crippen LogP contribution < -0.4 is 5.32 Å². The van der Waals surface area contributed by atoms with Crippen LogP contribution in [0.3, 0.4) is 0 Å². The van der Waals surface area contributed by atoms with Gasteiger partial charge >= 0.3 is 0 Å². The lowest BCUT2D eigenvalue weighted by atomic mass is 9.92. The molecular weight excluding hydrogens is 272 g/mol. The Balaban J connectivity index is 2.25. The summed E-state index contributed by atoms with van der Waals surface area (Å²) in [7, 11) is -1.25. The Morgan fingerprint density at radius 1 is 1.32 bits per heavy atom. The van der Waals surface area contributed by atoms with Gasteiger partial charge in [-0.3, -0.25) is 0 Å². The molecule has 0 aliphatic carbocycles. The van der Waals surface area contributed by atoms with Crippen LogP contribution in [0.2, 0.25) is 0 Å². The first kappa shape index (κ1) is 14.4. The average Bonchev–Trinajstić information content (AvgIpc) is 2.71. The lowest BCUT2D eigenvalue weighted by Gasteiger charge is -2.23. The van der Waals surface area contributed by atoms with Gasteiger partial charge in [-0.25, -0.2) is 17.2 Å². The highest BCUT2D eigenvalue weighted by Crippen LogP contribution is 2.32. The van der Waals surface area contributed by atoms with E-state index in [-0.39, 0.29) is 29.0 Å². The number of hydrogen-bond donors (Lipinski definition) is 1. The maximum Gasteiger partial charge on any atom is 0.263 e. The molecular formula is C13H17F2NO2S. The molecule has 0 amide bonds. The third kappa shape index (κ3) is 3.30. The Bertz CT molecular complexity index is 545. The van der Waals surface area contributed by atoms with Gasteiger partial charge in [-0.2, -0.15) is 0 Å². The summed E-state index contributed by atoms with van der Waals surface area (Å²) >= 11 is 0. The second kappa shape index (κ2) is 5.54. The molecule has 0 radical (unpaired) electrons. The molecule has 1 aliphatic rings. The molecule has 1 aliphatic heterocycles. The van der Waals surface area contributed by atoms with E-state index < -0.39 is 16.3 Å². The molecule has 2 unspecified atom stereocenters. The minimum absolute atomic E-state index is 0.0291. The van der Waals surface area contributed by atoms with E-state index in [0.717, 1.165) is 5.56 Å². The van der Waals surface area contributed by atoms with Gasteiger partial charge in [0.15, 0.2) is 9.84 Å². The number of alkyl halides is 2. The first-order valence-electron chi connectivity index (χ1n) is 6.18. The number of halogens is 2. The summed E-state index contributed by atoms with van der Waals surface area (Å²) in [5.74, 6) is 0.254.